The van der Waals surface area contributed by atoms with Gasteiger partial charge in [0.2, 0.25) is 0 Å². The normalized spacial score (nSPS) is 14.4. The molecule has 1 saturated heterocycles. The van der Waals surface area contributed by atoms with Gasteiger partial charge in [-0.1, -0.05) is 23.6 Å². The van der Waals surface area contributed by atoms with Crippen LogP contribution in [-0.2, 0) is 10.0 Å². The third kappa shape index (κ3) is 5.20. The Bertz CT molecular complexity index is 1320. The number of amides is 1. The van der Waals surface area contributed by atoms with Crippen LogP contribution in [0, 0.1) is 11.8 Å². The van der Waals surface area contributed by atoms with Crippen LogP contribution in [0.1, 0.15) is 21.6 Å². The minimum Gasteiger partial charge on any atom is -0.495 e. The average molecular weight is 502 g/mol. The van der Waals surface area contributed by atoms with E-state index < -0.39 is 10.0 Å². The predicted octanol–water partition coefficient (Wildman–Crippen LogP) is 3.35. The molecule has 1 fully saturated rings. The number of pyridine rings is 1. The third-order valence-electron chi connectivity index (χ3n) is 5.11. The highest BCUT2D eigenvalue weighted by molar-refractivity contribution is 7.91. The first-order valence-corrected chi connectivity index (χ1v) is 12.7. The average Bonchev–Trinajstić information content (AvgIpc) is 3.30. The molecule has 33 heavy (non-hydrogen) atoms. The van der Waals surface area contributed by atoms with E-state index in [0.29, 0.717) is 26.9 Å². The lowest BCUT2D eigenvalue weighted by atomic mass is 10.1. The van der Waals surface area contributed by atoms with Crippen molar-refractivity contribution in [2.24, 2.45) is 0 Å². The number of benzene rings is 1. The molecule has 170 valence electrons. The van der Waals surface area contributed by atoms with Crippen molar-refractivity contribution in [2.45, 2.75) is 4.21 Å². The fourth-order valence-electron chi connectivity index (χ4n) is 3.38. The van der Waals surface area contributed by atoms with E-state index in [1.54, 1.807) is 48.5 Å². The van der Waals surface area contributed by atoms with Crippen LogP contribution in [0.4, 0.5) is 0 Å². The van der Waals surface area contributed by atoms with Crippen molar-refractivity contribution in [3.63, 3.8) is 0 Å². The second-order valence-electron chi connectivity index (χ2n) is 7.13. The molecule has 0 spiro atoms. The molecule has 2 aromatic heterocycles. The fraction of sp³-hybridized carbons (Fsp3) is 0.217. The minimum absolute atomic E-state index is 0.185. The van der Waals surface area contributed by atoms with Gasteiger partial charge >= 0.3 is 0 Å². The number of ether oxygens (including phenoxy) is 1. The van der Waals surface area contributed by atoms with Crippen molar-refractivity contribution in [1.82, 2.24) is 14.2 Å². The van der Waals surface area contributed by atoms with Crippen LogP contribution in [0.15, 0.2) is 58.9 Å². The van der Waals surface area contributed by atoms with Crippen molar-refractivity contribution >= 4 is 38.9 Å². The molecule has 10 heteroatoms. The molecule has 0 aliphatic carbocycles. The topological polar surface area (TPSA) is 79.8 Å². The van der Waals surface area contributed by atoms with Crippen LogP contribution < -0.4 is 4.74 Å². The molecule has 0 radical (unpaired) electrons. The van der Waals surface area contributed by atoms with E-state index in [-0.39, 0.29) is 36.3 Å². The molecule has 1 aliphatic rings. The summed E-state index contributed by atoms with van der Waals surface area (Å²) in [5, 5.41) is 0. The Morgan fingerprint density at radius 2 is 1.88 bits per heavy atom. The van der Waals surface area contributed by atoms with Gasteiger partial charge in [-0.3, -0.25) is 4.79 Å². The van der Waals surface area contributed by atoms with E-state index >= 15 is 0 Å². The molecule has 3 aromatic rings. The second kappa shape index (κ2) is 9.93. The molecule has 0 bridgehead atoms. The minimum atomic E-state index is -3.62. The number of hydrogen-bond donors (Lipinski definition) is 0. The summed E-state index contributed by atoms with van der Waals surface area (Å²) in [4.78, 5) is 18.9. The van der Waals surface area contributed by atoms with Crippen molar-refractivity contribution < 1.29 is 17.9 Å². The second-order valence-corrected chi connectivity index (χ2v) is 11.0. The van der Waals surface area contributed by atoms with Crippen LogP contribution >= 0.6 is 22.9 Å². The van der Waals surface area contributed by atoms with Gasteiger partial charge in [-0.15, -0.1) is 11.3 Å². The van der Waals surface area contributed by atoms with E-state index in [4.69, 9.17) is 16.3 Å². The van der Waals surface area contributed by atoms with E-state index in [2.05, 4.69) is 16.8 Å². The van der Waals surface area contributed by atoms with E-state index in [0.717, 1.165) is 11.3 Å². The number of rotatable bonds is 4. The van der Waals surface area contributed by atoms with E-state index in [1.165, 1.54) is 10.4 Å². The molecule has 4 rings (SSSR count). The van der Waals surface area contributed by atoms with E-state index in [1.807, 2.05) is 12.1 Å². The van der Waals surface area contributed by atoms with Crippen LogP contribution in [0.25, 0.3) is 0 Å². The van der Waals surface area contributed by atoms with Crippen molar-refractivity contribution in [3.8, 4) is 17.6 Å². The molecule has 0 unspecified atom stereocenters. The molecular formula is C23H20ClN3O4S2. The fourth-order valence-corrected chi connectivity index (χ4v) is 6.44. The van der Waals surface area contributed by atoms with Crippen LogP contribution in [0.5, 0.6) is 5.75 Å². The highest BCUT2D eigenvalue weighted by Gasteiger charge is 2.31. The molecule has 1 aliphatic heterocycles. The third-order valence-corrected chi connectivity index (χ3v) is 8.70. The Morgan fingerprint density at radius 1 is 1.09 bits per heavy atom. The number of halogens is 1. The maximum Gasteiger partial charge on any atom is 0.253 e. The van der Waals surface area contributed by atoms with Gasteiger partial charge in [0.25, 0.3) is 15.9 Å². The number of sulfonamides is 1. The first-order valence-electron chi connectivity index (χ1n) is 10.0. The number of carbonyl (C=O) groups excluding carboxylic acids is 1. The zero-order valence-corrected chi connectivity index (χ0v) is 20.1. The van der Waals surface area contributed by atoms with Gasteiger partial charge < -0.3 is 9.64 Å². The maximum atomic E-state index is 13.1. The highest BCUT2D eigenvalue weighted by Crippen LogP contribution is 2.29. The Labute approximate surface area is 201 Å². The predicted molar refractivity (Wildman–Crippen MR) is 127 cm³/mol. The molecule has 1 amide bonds. The van der Waals surface area contributed by atoms with Crippen LogP contribution in [-0.4, -0.2) is 61.8 Å². The van der Waals surface area contributed by atoms with Gasteiger partial charge in [-0.25, -0.2) is 13.4 Å². The molecule has 3 heterocycles. The summed E-state index contributed by atoms with van der Waals surface area (Å²) >= 11 is 6.92. The number of thiophene rings is 1. The number of carbonyl (C=O) groups is 1. The largest absolute Gasteiger partial charge is 0.495 e. The lowest BCUT2D eigenvalue weighted by molar-refractivity contribution is 0.0698. The summed E-state index contributed by atoms with van der Waals surface area (Å²) < 4.78 is 33.0. The van der Waals surface area contributed by atoms with Gasteiger partial charge in [-0.05, 0) is 48.4 Å². The Balaban J connectivity index is 1.48. The summed E-state index contributed by atoms with van der Waals surface area (Å²) in [6.45, 7) is 1.01. The zero-order valence-electron chi connectivity index (χ0n) is 17.7. The lowest BCUT2D eigenvalue weighted by Gasteiger charge is -2.33. The summed E-state index contributed by atoms with van der Waals surface area (Å²) in [5.41, 5.74) is 1.65. The monoisotopic (exact) mass is 501 g/mol. The summed E-state index contributed by atoms with van der Waals surface area (Å²) in [6, 6.07) is 13.6. The lowest BCUT2D eigenvalue weighted by Crippen LogP contribution is -2.50. The van der Waals surface area contributed by atoms with Crippen molar-refractivity contribution in [1.29, 1.82) is 0 Å². The molecule has 0 saturated carbocycles. The zero-order chi connectivity index (χ0) is 23.4. The van der Waals surface area contributed by atoms with Crippen molar-refractivity contribution in [3.05, 3.63) is 75.9 Å². The molecular weight excluding hydrogens is 482 g/mol. The summed E-state index contributed by atoms with van der Waals surface area (Å²) in [7, 11) is -2.07. The highest BCUT2D eigenvalue weighted by atomic mass is 35.5. The number of hydrogen-bond acceptors (Lipinski definition) is 6. The van der Waals surface area contributed by atoms with Gasteiger partial charge in [-0.2, -0.15) is 4.31 Å². The molecule has 1 aromatic carbocycles. The van der Waals surface area contributed by atoms with Gasteiger partial charge in [0.15, 0.2) is 0 Å². The first kappa shape index (κ1) is 23.3. The molecule has 0 N–H and O–H groups in total. The van der Waals surface area contributed by atoms with Crippen LogP contribution in [0.2, 0.25) is 4.34 Å². The van der Waals surface area contributed by atoms with Crippen LogP contribution in [0.3, 0.4) is 0 Å². The Kier molecular flexibility index (Phi) is 7.00. The quantitative estimate of drug-likeness (QED) is 0.512. The number of nitrogens with zero attached hydrogens (tertiary/aromatic N) is 3. The van der Waals surface area contributed by atoms with Gasteiger partial charge in [0, 0.05) is 37.9 Å². The van der Waals surface area contributed by atoms with Gasteiger partial charge in [0.05, 0.1) is 17.0 Å². The van der Waals surface area contributed by atoms with Gasteiger partial charge in [0.1, 0.15) is 15.7 Å². The van der Waals surface area contributed by atoms with Crippen molar-refractivity contribution in [2.75, 3.05) is 33.3 Å². The smallest absolute Gasteiger partial charge is 0.253 e. The molecule has 0 atom stereocenters. The first-order chi connectivity index (χ1) is 15.9. The summed E-state index contributed by atoms with van der Waals surface area (Å²) in [5.74, 6) is 6.36. The number of piperazine rings is 1. The SMILES string of the molecule is COc1ccc(C(=O)N2CCN(S(=O)(=O)c3ccc(Cl)s3)CC2)cc1C#Cc1ccccn1. The maximum absolute atomic E-state index is 13.1. The number of aromatic nitrogens is 1. The number of methoxy groups -OCH3 is 1. The Hall–Kier alpha value is -2.90. The summed E-state index contributed by atoms with van der Waals surface area (Å²) in [6.07, 6.45) is 1.66. The Morgan fingerprint density at radius 3 is 2.52 bits per heavy atom. The molecule has 7 nitrogen and oxygen atoms in total. The van der Waals surface area contributed by atoms with E-state index in [9.17, 15) is 13.2 Å². The standard InChI is InChI=1S/C23H20ClN3O4S2/c1-31-20-8-6-18(16-17(20)5-7-19-4-2-3-11-25-19)23(28)26-12-14-27(15-13-26)33(29,30)22-10-9-21(24)32-22/h2-4,6,8-11,16H,12-15H2,1H3.